The lowest BCUT2D eigenvalue weighted by Crippen LogP contribution is -2.25. The molecule has 0 spiro atoms. The Bertz CT molecular complexity index is 1790. The third-order valence-corrected chi connectivity index (χ3v) is 6.96. The van der Waals surface area contributed by atoms with E-state index in [0.29, 0.717) is 34.0 Å². The third-order valence-electron chi connectivity index (χ3n) is 6.96. The minimum absolute atomic E-state index is 0.181. The second kappa shape index (κ2) is 9.50. The molecule has 1 atom stereocenters. The van der Waals surface area contributed by atoms with Crippen LogP contribution in [0.15, 0.2) is 54.0 Å². The number of ether oxygens (including phenoxy) is 1. The van der Waals surface area contributed by atoms with Crippen LogP contribution in [-0.4, -0.2) is 46.1 Å². The third kappa shape index (κ3) is 4.46. The van der Waals surface area contributed by atoms with Crippen molar-refractivity contribution < 1.29 is 17.9 Å². The zero-order valence-corrected chi connectivity index (χ0v) is 21.7. The lowest BCUT2D eigenvalue weighted by atomic mass is 10.1. The second-order valence-electron chi connectivity index (χ2n) is 9.64. The molecule has 0 radical (unpaired) electrons. The van der Waals surface area contributed by atoms with Crippen LogP contribution < -0.4 is 10.3 Å². The first-order valence-corrected chi connectivity index (χ1v) is 12.5. The maximum Gasteiger partial charge on any atom is 0.434 e. The van der Waals surface area contributed by atoms with Gasteiger partial charge in [-0.15, -0.1) is 0 Å². The van der Waals surface area contributed by atoms with Crippen LogP contribution in [0.25, 0.3) is 33.9 Å². The van der Waals surface area contributed by atoms with Gasteiger partial charge in [-0.2, -0.15) is 13.2 Å². The van der Waals surface area contributed by atoms with E-state index in [0.717, 1.165) is 30.3 Å². The molecule has 1 aliphatic carbocycles. The molecule has 0 aliphatic heterocycles. The molecule has 13 heteroatoms. The van der Waals surface area contributed by atoms with Crippen molar-refractivity contribution >= 4 is 11.2 Å². The number of alkyl halides is 3. The average molecular weight is 549 g/mol. The Balaban J connectivity index is 1.41. The van der Waals surface area contributed by atoms with Crippen LogP contribution in [0.5, 0.6) is 5.88 Å². The van der Waals surface area contributed by atoms with Gasteiger partial charge in [-0.05, 0) is 25.3 Å². The molecule has 1 unspecified atom stereocenters. The molecular formula is C27H23F3N8O2. The van der Waals surface area contributed by atoms with Crippen molar-refractivity contribution in [2.24, 2.45) is 7.05 Å². The zero-order chi connectivity index (χ0) is 28.2. The summed E-state index contributed by atoms with van der Waals surface area (Å²) in [5.41, 5.74) is 2.05. The number of aryl methyl sites for hydroxylation is 1. The summed E-state index contributed by atoms with van der Waals surface area (Å²) in [6.45, 7) is 1.84. The Hall–Kier alpha value is -4.68. The van der Waals surface area contributed by atoms with Crippen molar-refractivity contribution in [1.82, 2.24) is 39.0 Å². The number of benzene rings is 1. The SMILES string of the molecule is COc1ncnc(C2CC2)c1-c1ncc2ncc(=O)n(C(C)c3ccc(-c4nc(C(F)(F)F)cn4C)cc3)c2n1. The number of nitrogens with zero attached hydrogens (tertiary/aromatic N) is 8. The zero-order valence-electron chi connectivity index (χ0n) is 21.7. The highest BCUT2D eigenvalue weighted by Crippen LogP contribution is 2.45. The van der Waals surface area contributed by atoms with Gasteiger partial charge in [0, 0.05) is 24.7 Å². The molecule has 0 N–H and O–H groups in total. The number of imidazole rings is 1. The lowest BCUT2D eigenvalue weighted by molar-refractivity contribution is -0.140. The van der Waals surface area contributed by atoms with Crippen molar-refractivity contribution in [2.75, 3.05) is 7.11 Å². The standard InChI is InChI=1S/C27H23F3N8O2/c1-14(15-4-8-17(9-5-15)24-35-19(12-37(24)2)27(28,29)30)38-20(39)11-31-18-10-32-23(36-25(18)38)21-22(16-6-7-16)33-13-34-26(21)40-3/h4-5,8-14,16H,6-7H2,1-3H3. The fraction of sp³-hybridized carbons (Fsp3) is 0.296. The number of methoxy groups -OCH3 is 1. The van der Waals surface area contributed by atoms with E-state index in [1.165, 1.54) is 35.8 Å². The van der Waals surface area contributed by atoms with Crippen LogP contribution in [0.2, 0.25) is 0 Å². The molecular weight excluding hydrogens is 525 g/mol. The van der Waals surface area contributed by atoms with Gasteiger partial charge in [-0.3, -0.25) is 9.36 Å². The van der Waals surface area contributed by atoms with Crippen LogP contribution in [0.1, 0.15) is 48.7 Å². The Morgan fingerprint density at radius 2 is 1.77 bits per heavy atom. The number of fused-ring (bicyclic) bond motifs is 1. The molecule has 1 aromatic carbocycles. The fourth-order valence-electron chi connectivity index (χ4n) is 4.77. The van der Waals surface area contributed by atoms with Crippen molar-refractivity contribution in [3.05, 3.63) is 76.5 Å². The fourth-order valence-corrected chi connectivity index (χ4v) is 4.77. The molecule has 0 saturated heterocycles. The predicted octanol–water partition coefficient (Wildman–Crippen LogP) is 4.56. The number of hydrogen-bond donors (Lipinski definition) is 0. The topological polar surface area (TPSA) is 114 Å². The highest BCUT2D eigenvalue weighted by molar-refractivity contribution is 5.75. The first-order valence-electron chi connectivity index (χ1n) is 12.5. The van der Waals surface area contributed by atoms with Crippen LogP contribution in [0.4, 0.5) is 13.2 Å². The van der Waals surface area contributed by atoms with Crippen molar-refractivity contribution in [1.29, 1.82) is 0 Å². The van der Waals surface area contributed by atoms with E-state index < -0.39 is 17.9 Å². The van der Waals surface area contributed by atoms with E-state index in [2.05, 4.69) is 24.9 Å². The molecule has 1 fully saturated rings. The molecule has 204 valence electrons. The van der Waals surface area contributed by atoms with Gasteiger partial charge in [0.25, 0.3) is 5.56 Å². The summed E-state index contributed by atoms with van der Waals surface area (Å²) in [6, 6.07) is 6.37. The maximum atomic E-state index is 13.1. The average Bonchev–Trinajstić information content (AvgIpc) is 3.72. The summed E-state index contributed by atoms with van der Waals surface area (Å²) in [5.74, 6) is 1.12. The van der Waals surface area contributed by atoms with Gasteiger partial charge in [0.1, 0.15) is 23.2 Å². The Morgan fingerprint density at radius 3 is 2.42 bits per heavy atom. The minimum Gasteiger partial charge on any atom is -0.480 e. The molecule has 6 rings (SSSR count). The van der Waals surface area contributed by atoms with Crippen molar-refractivity contribution in [3.63, 3.8) is 0 Å². The van der Waals surface area contributed by atoms with E-state index in [9.17, 15) is 18.0 Å². The van der Waals surface area contributed by atoms with E-state index in [4.69, 9.17) is 9.72 Å². The van der Waals surface area contributed by atoms with Crippen molar-refractivity contribution in [2.45, 2.75) is 37.9 Å². The first kappa shape index (κ1) is 25.6. The van der Waals surface area contributed by atoms with Gasteiger partial charge >= 0.3 is 6.18 Å². The smallest absolute Gasteiger partial charge is 0.434 e. The van der Waals surface area contributed by atoms with Crippen LogP contribution in [0.3, 0.4) is 0 Å². The Kier molecular flexibility index (Phi) is 6.08. The molecule has 40 heavy (non-hydrogen) atoms. The molecule has 0 bridgehead atoms. The Morgan fingerprint density at radius 1 is 1.02 bits per heavy atom. The molecule has 4 heterocycles. The van der Waals surface area contributed by atoms with Gasteiger partial charge in [0.2, 0.25) is 5.88 Å². The van der Waals surface area contributed by atoms with Crippen LogP contribution >= 0.6 is 0 Å². The highest BCUT2D eigenvalue weighted by atomic mass is 19.4. The van der Waals surface area contributed by atoms with E-state index >= 15 is 0 Å². The summed E-state index contributed by atoms with van der Waals surface area (Å²) in [5, 5.41) is 0. The van der Waals surface area contributed by atoms with Crippen LogP contribution in [0, 0.1) is 0 Å². The van der Waals surface area contributed by atoms with Crippen LogP contribution in [-0.2, 0) is 13.2 Å². The van der Waals surface area contributed by atoms with Gasteiger partial charge in [0.15, 0.2) is 17.2 Å². The summed E-state index contributed by atoms with van der Waals surface area (Å²) >= 11 is 0. The highest BCUT2D eigenvalue weighted by Gasteiger charge is 2.35. The van der Waals surface area contributed by atoms with E-state index in [1.54, 1.807) is 30.5 Å². The Labute approximate surface area is 225 Å². The largest absolute Gasteiger partial charge is 0.480 e. The molecule has 5 aromatic rings. The number of rotatable bonds is 6. The molecule has 10 nitrogen and oxygen atoms in total. The quantitative estimate of drug-likeness (QED) is 0.304. The normalized spacial score (nSPS) is 14.4. The summed E-state index contributed by atoms with van der Waals surface area (Å²) in [7, 11) is 3.02. The second-order valence-corrected chi connectivity index (χ2v) is 9.64. The van der Waals surface area contributed by atoms with Crippen molar-refractivity contribution in [3.8, 4) is 28.7 Å². The number of hydrogen-bond acceptors (Lipinski definition) is 8. The lowest BCUT2D eigenvalue weighted by Gasteiger charge is -2.18. The summed E-state index contributed by atoms with van der Waals surface area (Å²) < 4.78 is 47.7. The number of halogens is 3. The monoisotopic (exact) mass is 548 g/mol. The maximum absolute atomic E-state index is 13.1. The van der Waals surface area contributed by atoms with Gasteiger partial charge in [0.05, 0.1) is 31.2 Å². The van der Waals surface area contributed by atoms with Gasteiger partial charge in [-0.25, -0.2) is 29.9 Å². The van der Waals surface area contributed by atoms with E-state index in [1.807, 2.05) is 6.92 Å². The van der Waals surface area contributed by atoms with E-state index in [-0.39, 0.29) is 17.3 Å². The first-order chi connectivity index (χ1) is 19.2. The number of aromatic nitrogens is 8. The molecule has 4 aromatic heterocycles. The molecule has 1 aliphatic rings. The molecule has 1 saturated carbocycles. The molecule has 0 amide bonds. The predicted molar refractivity (Wildman–Crippen MR) is 139 cm³/mol. The van der Waals surface area contributed by atoms with Gasteiger partial charge < -0.3 is 9.30 Å². The van der Waals surface area contributed by atoms with Gasteiger partial charge in [-0.1, -0.05) is 24.3 Å². The minimum atomic E-state index is -4.54. The summed E-state index contributed by atoms with van der Waals surface area (Å²) in [6.07, 6.45) is 2.62. The summed E-state index contributed by atoms with van der Waals surface area (Å²) in [4.78, 5) is 39.0.